The topological polar surface area (TPSA) is 58.1 Å². The number of aryl methyl sites for hydroxylation is 1. The lowest BCUT2D eigenvalue weighted by Gasteiger charge is -2.16. The maximum atomic E-state index is 12.6. The van der Waals surface area contributed by atoms with E-state index in [1.54, 1.807) is 18.1 Å². The highest BCUT2D eigenvalue weighted by Crippen LogP contribution is 2.35. The lowest BCUT2D eigenvalue weighted by atomic mass is 10.1. The summed E-state index contributed by atoms with van der Waals surface area (Å²) < 4.78 is 0. The lowest BCUT2D eigenvalue weighted by Crippen LogP contribution is -2.26. The zero-order chi connectivity index (χ0) is 22.6. The highest BCUT2D eigenvalue weighted by Gasteiger charge is 2.24. The Bertz CT molecular complexity index is 1280. The summed E-state index contributed by atoms with van der Waals surface area (Å²) >= 11 is 1.85. The Hall–Kier alpha value is -3.64. The maximum Gasteiger partial charge on any atom is 0.231 e. The molecular formula is C27H24N4OS. The molecule has 6 heteroatoms. The van der Waals surface area contributed by atoms with Crippen LogP contribution in [0.4, 0.5) is 17.3 Å². The number of amides is 1. The van der Waals surface area contributed by atoms with Gasteiger partial charge in [-0.2, -0.15) is 0 Å². The summed E-state index contributed by atoms with van der Waals surface area (Å²) in [5, 5.41) is 3.31. The van der Waals surface area contributed by atoms with E-state index in [0.717, 1.165) is 40.4 Å². The third kappa shape index (κ3) is 4.76. The maximum absolute atomic E-state index is 12.6. The van der Waals surface area contributed by atoms with Crippen molar-refractivity contribution in [2.24, 2.45) is 0 Å². The van der Waals surface area contributed by atoms with E-state index in [0.29, 0.717) is 5.95 Å². The van der Waals surface area contributed by atoms with Crippen LogP contribution in [0, 0.1) is 0 Å². The molecule has 4 aromatic rings. The van der Waals surface area contributed by atoms with Crippen molar-refractivity contribution in [3.05, 3.63) is 96.2 Å². The number of hydrogen-bond acceptors (Lipinski definition) is 5. The van der Waals surface area contributed by atoms with Gasteiger partial charge < -0.3 is 10.2 Å². The molecule has 0 fully saturated rings. The molecule has 5 nitrogen and oxygen atoms in total. The summed E-state index contributed by atoms with van der Waals surface area (Å²) in [5.41, 5.74) is 5.73. The van der Waals surface area contributed by atoms with Crippen molar-refractivity contribution in [3.8, 4) is 11.3 Å². The van der Waals surface area contributed by atoms with Crippen LogP contribution in [0.25, 0.3) is 11.3 Å². The molecule has 164 valence electrons. The molecule has 0 bridgehead atoms. The van der Waals surface area contributed by atoms with Crippen molar-refractivity contribution in [2.45, 2.75) is 17.7 Å². The van der Waals surface area contributed by atoms with E-state index >= 15 is 0 Å². The molecule has 1 aromatic heterocycles. The molecule has 0 spiro atoms. The largest absolute Gasteiger partial charge is 0.324 e. The summed E-state index contributed by atoms with van der Waals surface area (Å²) in [6.45, 7) is 0. The molecular weight excluding hydrogens is 428 g/mol. The van der Waals surface area contributed by atoms with Crippen molar-refractivity contribution in [1.82, 2.24) is 9.97 Å². The summed E-state index contributed by atoms with van der Waals surface area (Å²) in [6.07, 6.45) is 3.09. The Labute approximate surface area is 197 Å². The van der Waals surface area contributed by atoms with Gasteiger partial charge in [-0.15, -0.1) is 11.8 Å². The zero-order valence-corrected chi connectivity index (χ0v) is 19.2. The van der Waals surface area contributed by atoms with E-state index in [4.69, 9.17) is 4.98 Å². The number of rotatable bonds is 6. The van der Waals surface area contributed by atoms with Gasteiger partial charge in [-0.3, -0.25) is 4.79 Å². The van der Waals surface area contributed by atoms with Crippen molar-refractivity contribution < 1.29 is 4.79 Å². The van der Waals surface area contributed by atoms with Crippen molar-refractivity contribution in [1.29, 1.82) is 0 Å². The number of para-hydroxylation sites is 1. The van der Waals surface area contributed by atoms with E-state index in [2.05, 4.69) is 46.7 Å². The van der Waals surface area contributed by atoms with E-state index in [-0.39, 0.29) is 12.3 Å². The Morgan fingerprint density at radius 3 is 2.55 bits per heavy atom. The van der Waals surface area contributed by atoms with Gasteiger partial charge in [0.15, 0.2) is 0 Å². The molecule has 0 atom stereocenters. The highest BCUT2D eigenvalue weighted by molar-refractivity contribution is 7.99. The van der Waals surface area contributed by atoms with Gasteiger partial charge in [0.2, 0.25) is 11.9 Å². The van der Waals surface area contributed by atoms with Crippen LogP contribution in [-0.4, -0.2) is 28.7 Å². The van der Waals surface area contributed by atoms with E-state index in [9.17, 15) is 4.79 Å². The Kier molecular flexibility index (Phi) is 6.09. The van der Waals surface area contributed by atoms with Crippen LogP contribution < -0.4 is 10.2 Å². The smallest absolute Gasteiger partial charge is 0.231 e. The third-order valence-electron chi connectivity index (χ3n) is 5.71. The molecule has 0 unspecified atom stereocenters. The molecule has 3 aromatic carbocycles. The minimum Gasteiger partial charge on any atom is -0.324 e. The van der Waals surface area contributed by atoms with Crippen LogP contribution in [0.15, 0.2) is 90.0 Å². The fourth-order valence-electron chi connectivity index (χ4n) is 3.91. The fraction of sp³-hybridized carbons (Fsp3) is 0.148. The van der Waals surface area contributed by atoms with Gasteiger partial charge in [-0.1, -0.05) is 48.5 Å². The number of benzene rings is 3. The minimum atomic E-state index is 0.0332. The van der Waals surface area contributed by atoms with E-state index in [1.807, 2.05) is 54.2 Å². The number of hydrogen-bond donors (Lipinski definition) is 1. The van der Waals surface area contributed by atoms with Gasteiger partial charge in [0, 0.05) is 40.7 Å². The predicted molar refractivity (Wildman–Crippen MR) is 135 cm³/mol. The first-order chi connectivity index (χ1) is 16.2. The number of carbonyl (C=O) groups is 1. The van der Waals surface area contributed by atoms with Crippen LogP contribution in [0.5, 0.6) is 0 Å². The van der Waals surface area contributed by atoms with Crippen LogP contribution in [0.3, 0.4) is 0 Å². The zero-order valence-electron chi connectivity index (χ0n) is 18.4. The Balaban J connectivity index is 1.30. The van der Waals surface area contributed by atoms with Gasteiger partial charge in [0.25, 0.3) is 0 Å². The first-order valence-corrected chi connectivity index (χ1v) is 11.9. The van der Waals surface area contributed by atoms with Crippen LogP contribution in [0.1, 0.15) is 11.1 Å². The number of nitrogens with one attached hydrogen (secondary N) is 1. The molecule has 1 N–H and O–H groups in total. The molecule has 0 radical (unpaired) electrons. The standard InChI is InChI=1S/C27H24N4OS/c1-31-24-10-6-5-9-23(24)26-20(17-25(31)32)18-28-27(30-26)29-21-11-13-22(14-12-21)33-16-15-19-7-3-2-4-8-19/h2-14,18H,15-17H2,1H3,(H,28,29,30). The van der Waals surface area contributed by atoms with Crippen molar-refractivity contribution >= 4 is 35.0 Å². The van der Waals surface area contributed by atoms with Crippen molar-refractivity contribution in [3.63, 3.8) is 0 Å². The van der Waals surface area contributed by atoms with E-state index < -0.39 is 0 Å². The number of fused-ring (bicyclic) bond motifs is 3. The SMILES string of the molecule is CN1C(=O)Cc2cnc(Nc3ccc(SCCc4ccccc4)cc3)nc2-c2ccccc21. The van der Waals surface area contributed by atoms with E-state index in [1.165, 1.54) is 10.5 Å². The van der Waals surface area contributed by atoms with Gasteiger partial charge in [0.1, 0.15) is 0 Å². The molecule has 0 saturated carbocycles. The first kappa shape index (κ1) is 21.2. The second-order valence-corrected chi connectivity index (χ2v) is 9.12. The van der Waals surface area contributed by atoms with Crippen LogP contribution in [-0.2, 0) is 17.6 Å². The summed E-state index contributed by atoms with van der Waals surface area (Å²) in [6, 6.07) is 26.7. The number of anilines is 3. The molecule has 2 heterocycles. The van der Waals surface area contributed by atoms with Crippen molar-refractivity contribution in [2.75, 3.05) is 23.0 Å². The number of carbonyl (C=O) groups excluding carboxylic acids is 1. The summed E-state index contributed by atoms with van der Waals surface area (Å²) in [4.78, 5) is 24.7. The number of aromatic nitrogens is 2. The molecule has 1 amide bonds. The number of nitrogens with zero attached hydrogens (tertiary/aromatic N) is 3. The summed E-state index contributed by atoms with van der Waals surface area (Å²) in [7, 11) is 1.80. The average molecular weight is 453 g/mol. The molecule has 1 aliphatic heterocycles. The lowest BCUT2D eigenvalue weighted by molar-refractivity contribution is -0.117. The van der Waals surface area contributed by atoms with Gasteiger partial charge >= 0.3 is 0 Å². The highest BCUT2D eigenvalue weighted by atomic mass is 32.2. The minimum absolute atomic E-state index is 0.0332. The molecule has 5 rings (SSSR count). The molecule has 1 aliphatic rings. The van der Waals surface area contributed by atoms with Crippen LogP contribution in [0.2, 0.25) is 0 Å². The quantitative estimate of drug-likeness (QED) is 0.378. The number of likely N-dealkylation sites (N-methyl/N-ethyl adjacent to an activating group) is 1. The third-order valence-corrected chi connectivity index (χ3v) is 6.73. The normalized spacial score (nSPS) is 12.6. The fourth-order valence-corrected chi connectivity index (χ4v) is 4.81. The molecule has 0 saturated heterocycles. The van der Waals surface area contributed by atoms with Gasteiger partial charge in [-0.05, 0) is 42.3 Å². The second kappa shape index (κ2) is 9.46. The number of thioether (sulfide) groups is 1. The Morgan fingerprint density at radius 2 is 1.73 bits per heavy atom. The summed E-state index contributed by atoms with van der Waals surface area (Å²) in [5.74, 6) is 1.59. The van der Waals surface area contributed by atoms with Crippen LogP contribution >= 0.6 is 11.8 Å². The Morgan fingerprint density at radius 1 is 0.970 bits per heavy atom. The first-order valence-electron chi connectivity index (χ1n) is 10.9. The molecule has 33 heavy (non-hydrogen) atoms. The van der Waals surface area contributed by atoms with Gasteiger partial charge in [-0.25, -0.2) is 9.97 Å². The second-order valence-electron chi connectivity index (χ2n) is 7.95. The molecule has 0 aliphatic carbocycles. The monoisotopic (exact) mass is 452 g/mol. The average Bonchev–Trinajstić information content (AvgIpc) is 2.96. The van der Waals surface area contributed by atoms with Gasteiger partial charge in [0.05, 0.1) is 17.8 Å². The predicted octanol–water partition coefficient (Wildman–Crippen LogP) is 5.74.